The van der Waals surface area contributed by atoms with E-state index in [1.807, 2.05) is 12.2 Å². The average molecular weight is 194 g/mol. The Labute approximate surface area is 87.1 Å². The van der Waals surface area contributed by atoms with E-state index in [4.69, 9.17) is 9.31 Å². The second-order valence-corrected chi connectivity index (χ2v) is 4.59. The number of hydrogen-bond acceptors (Lipinski definition) is 2. The summed E-state index contributed by atoms with van der Waals surface area (Å²) in [7, 11) is -0.129. The van der Waals surface area contributed by atoms with Gasteiger partial charge < -0.3 is 9.31 Å². The summed E-state index contributed by atoms with van der Waals surface area (Å²) in [6.07, 6.45) is 6.45. The molecule has 1 fully saturated rings. The number of allylic oxidation sites excluding steroid dienone is 3. The highest BCUT2D eigenvalue weighted by atomic mass is 16.7. The first-order valence-electron chi connectivity index (χ1n) is 5.02. The summed E-state index contributed by atoms with van der Waals surface area (Å²) >= 11 is 0. The lowest BCUT2D eigenvalue weighted by atomic mass is 9.85. The van der Waals surface area contributed by atoms with Crippen LogP contribution in [0.1, 0.15) is 27.7 Å². The minimum Gasteiger partial charge on any atom is -0.403 e. The highest BCUT2D eigenvalue weighted by Gasteiger charge is 2.50. The van der Waals surface area contributed by atoms with Crippen LogP contribution in [0.25, 0.3) is 0 Å². The highest BCUT2D eigenvalue weighted by Crippen LogP contribution is 2.37. The van der Waals surface area contributed by atoms with Crippen molar-refractivity contribution in [1.82, 2.24) is 0 Å². The first-order valence-corrected chi connectivity index (χ1v) is 5.02. The van der Waals surface area contributed by atoms with Gasteiger partial charge in [0.15, 0.2) is 0 Å². The van der Waals surface area contributed by atoms with Crippen molar-refractivity contribution in [2.75, 3.05) is 0 Å². The molecular formula is C11H19BO2. The van der Waals surface area contributed by atoms with Gasteiger partial charge in [-0.25, -0.2) is 0 Å². The van der Waals surface area contributed by atoms with Crippen LogP contribution in [0, 0.1) is 0 Å². The predicted octanol–water partition coefficient (Wildman–Crippen LogP) is 2.82. The molecular weight excluding hydrogens is 175 g/mol. The molecule has 0 bridgehead atoms. The molecule has 1 aliphatic heterocycles. The van der Waals surface area contributed by atoms with Crippen LogP contribution in [-0.4, -0.2) is 18.3 Å². The number of hydrogen-bond donors (Lipinski definition) is 0. The molecule has 0 aromatic rings. The molecule has 78 valence electrons. The fourth-order valence-electron chi connectivity index (χ4n) is 1.35. The zero-order valence-electron chi connectivity index (χ0n) is 9.54. The van der Waals surface area contributed by atoms with E-state index in [9.17, 15) is 0 Å². The van der Waals surface area contributed by atoms with Gasteiger partial charge in [0.2, 0.25) is 0 Å². The Balaban J connectivity index is 2.55. The van der Waals surface area contributed by atoms with Gasteiger partial charge in [0.1, 0.15) is 0 Å². The predicted molar refractivity (Wildman–Crippen MR) is 60.2 cm³/mol. The van der Waals surface area contributed by atoms with Gasteiger partial charge in [0, 0.05) is 6.32 Å². The van der Waals surface area contributed by atoms with Crippen LogP contribution in [0.15, 0.2) is 24.8 Å². The van der Waals surface area contributed by atoms with Crippen LogP contribution in [0.4, 0.5) is 0 Å². The minimum atomic E-state index is -0.223. The van der Waals surface area contributed by atoms with E-state index in [2.05, 4.69) is 34.3 Å². The van der Waals surface area contributed by atoms with Gasteiger partial charge in [-0.1, -0.05) is 24.8 Å². The van der Waals surface area contributed by atoms with Gasteiger partial charge in [-0.15, -0.1) is 0 Å². The maximum atomic E-state index is 5.80. The summed E-state index contributed by atoms with van der Waals surface area (Å²) in [6, 6.07) is 0. The van der Waals surface area contributed by atoms with Crippen molar-refractivity contribution in [1.29, 1.82) is 0 Å². The van der Waals surface area contributed by atoms with Crippen molar-refractivity contribution < 1.29 is 9.31 Å². The van der Waals surface area contributed by atoms with E-state index >= 15 is 0 Å². The highest BCUT2D eigenvalue weighted by molar-refractivity contribution is 6.46. The molecule has 1 aliphatic rings. The Hall–Kier alpha value is -0.535. The van der Waals surface area contributed by atoms with Crippen LogP contribution in [0.3, 0.4) is 0 Å². The molecule has 0 aliphatic carbocycles. The Bertz CT molecular complexity index is 228. The summed E-state index contributed by atoms with van der Waals surface area (Å²) in [6.45, 7) is 11.9. The van der Waals surface area contributed by atoms with Crippen molar-refractivity contribution in [3.63, 3.8) is 0 Å². The molecule has 2 nitrogen and oxygen atoms in total. The molecule has 1 heterocycles. The number of rotatable bonds is 3. The molecule has 1 rings (SSSR count). The van der Waals surface area contributed by atoms with Crippen molar-refractivity contribution in [2.45, 2.75) is 45.2 Å². The standard InChI is InChI=1S/C11H19BO2/c1-6-7-8-9-12-13-10(2,3)11(4,5)14-12/h6-8H,1,9H2,2-5H3/b8-7-. The first kappa shape index (κ1) is 11.5. The molecule has 0 spiro atoms. The van der Waals surface area contributed by atoms with Crippen molar-refractivity contribution in [2.24, 2.45) is 0 Å². The molecule has 0 atom stereocenters. The molecule has 1 saturated heterocycles. The SMILES string of the molecule is C=C/C=C\CB1OC(C)(C)C(C)(C)O1. The summed E-state index contributed by atoms with van der Waals surface area (Å²) in [4.78, 5) is 0. The maximum Gasteiger partial charge on any atom is 0.461 e. The third-order valence-electron chi connectivity index (χ3n) is 2.90. The van der Waals surface area contributed by atoms with Crippen LogP contribution in [0.2, 0.25) is 6.32 Å². The normalized spacial score (nSPS) is 24.4. The molecule has 0 aromatic carbocycles. The van der Waals surface area contributed by atoms with Gasteiger partial charge in [-0.2, -0.15) is 0 Å². The molecule has 0 aromatic heterocycles. The summed E-state index contributed by atoms with van der Waals surface area (Å²) in [5.74, 6) is 0. The van der Waals surface area contributed by atoms with E-state index in [1.54, 1.807) is 6.08 Å². The Morgan fingerprint density at radius 1 is 1.14 bits per heavy atom. The zero-order chi connectivity index (χ0) is 10.8. The van der Waals surface area contributed by atoms with Crippen LogP contribution in [-0.2, 0) is 9.31 Å². The van der Waals surface area contributed by atoms with E-state index < -0.39 is 0 Å². The smallest absolute Gasteiger partial charge is 0.403 e. The second-order valence-electron chi connectivity index (χ2n) is 4.59. The van der Waals surface area contributed by atoms with Gasteiger partial charge in [0.05, 0.1) is 11.2 Å². The lowest BCUT2D eigenvalue weighted by Gasteiger charge is -2.32. The van der Waals surface area contributed by atoms with E-state index in [1.165, 1.54) is 0 Å². The quantitative estimate of drug-likeness (QED) is 0.508. The average Bonchev–Trinajstić information content (AvgIpc) is 2.21. The lowest BCUT2D eigenvalue weighted by Crippen LogP contribution is -2.41. The lowest BCUT2D eigenvalue weighted by molar-refractivity contribution is 0.00578. The second kappa shape index (κ2) is 3.91. The first-order chi connectivity index (χ1) is 6.39. The van der Waals surface area contributed by atoms with Crippen LogP contribution < -0.4 is 0 Å². The third-order valence-corrected chi connectivity index (χ3v) is 2.90. The molecule has 0 unspecified atom stereocenters. The van der Waals surface area contributed by atoms with Crippen molar-refractivity contribution >= 4 is 7.12 Å². The van der Waals surface area contributed by atoms with E-state index in [-0.39, 0.29) is 18.3 Å². The Kier molecular flexibility index (Phi) is 3.22. The van der Waals surface area contributed by atoms with Gasteiger partial charge in [-0.3, -0.25) is 0 Å². The van der Waals surface area contributed by atoms with Gasteiger partial charge >= 0.3 is 7.12 Å². The van der Waals surface area contributed by atoms with Crippen LogP contribution >= 0.6 is 0 Å². The summed E-state index contributed by atoms with van der Waals surface area (Å²) in [5.41, 5.74) is -0.445. The van der Waals surface area contributed by atoms with Gasteiger partial charge in [0.25, 0.3) is 0 Å². The molecule has 0 amide bonds. The largest absolute Gasteiger partial charge is 0.461 e. The van der Waals surface area contributed by atoms with E-state index in [0.29, 0.717) is 0 Å². The minimum absolute atomic E-state index is 0.129. The summed E-state index contributed by atoms with van der Waals surface area (Å²) in [5, 5.41) is 0. The topological polar surface area (TPSA) is 18.5 Å². The van der Waals surface area contributed by atoms with Crippen molar-refractivity contribution in [3.8, 4) is 0 Å². The summed E-state index contributed by atoms with van der Waals surface area (Å²) < 4.78 is 11.6. The Morgan fingerprint density at radius 3 is 2.07 bits per heavy atom. The third kappa shape index (κ3) is 2.28. The maximum absolute atomic E-state index is 5.80. The molecule has 0 saturated carbocycles. The molecule has 0 N–H and O–H groups in total. The van der Waals surface area contributed by atoms with Crippen molar-refractivity contribution in [3.05, 3.63) is 24.8 Å². The molecule has 3 heteroatoms. The molecule has 0 radical (unpaired) electrons. The molecule has 14 heavy (non-hydrogen) atoms. The fourth-order valence-corrected chi connectivity index (χ4v) is 1.35. The monoisotopic (exact) mass is 194 g/mol. The zero-order valence-corrected chi connectivity index (χ0v) is 9.54. The Morgan fingerprint density at radius 2 is 1.64 bits per heavy atom. The fraction of sp³-hybridized carbons (Fsp3) is 0.636. The van der Waals surface area contributed by atoms with Crippen LogP contribution in [0.5, 0.6) is 0 Å². The van der Waals surface area contributed by atoms with Gasteiger partial charge in [-0.05, 0) is 27.7 Å². The van der Waals surface area contributed by atoms with E-state index in [0.717, 1.165) is 6.32 Å².